The first-order valence-corrected chi connectivity index (χ1v) is 5.99. The van der Waals surface area contributed by atoms with Crippen LogP contribution in [0.25, 0.3) is 0 Å². The SMILES string of the molecule is Cc1ccc(C(C)Nc2c(F)cccc2F)c(O)c1. The first-order chi connectivity index (χ1) is 8.99. The van der Waals surface area contributed by atoms with Crippen LogP contribution < -0.4 is 5.32 Å². The van der Waals surface area contributed by atoms with Crippen LogP contribution >= 0.6 is 0 Å². The number of nitrogens with one attached hydrogen (secondary N) is 1. The molecule has 2 nitrogen and oxygen atoms in total. The zero-order valence-corrected chi connectivity index (χ0v) is 10.7. The third-order valence-electron chi connectivity index (χ3n) is 2.98. The highest BCUT2D eigenvalue weighted by molar-refractivity contribution is 5.50. The van der Waals surface area contributed by atoms with Crippen molar-refractivity contribution in [2.75, 3.05) is 5.32 Å². The lowest BCUT2D eigenvalue weighted by Crippen LogP contribution is -2.09. The molecule has 0 saturated heterocycles. The minimum atomic E-state index is -0.654. The van der Waals surface area contributed by atoms with E-state index in [1.54, 1.807) is 19.1 Å². The van der Waals surface area contributed by atoms with Crippen molar-refractivity contribution >= 4 is 5.69 Å². The molecule has 4 heteroatoms. The quantitative estimate of drug-likeness (QED) is 0.871. The minimum absolute atomic E-state index is 0.108. The van der Waals surface area contributed by atoms with Gasteiger partial charge < -0.3 is 10.4 Å². The summed E-state index contributed by atoms with van der Waals surface area (Å²) in [5.74, 6) is -1.20. The molecule has 1 atom stereocenters. The van der Waals surface area contributed by atoms with Crippen LogP contribution in [0, 0.1) is 18.6 Å². The molecule has 0 heterocycles. The fourth-order valence-electron chi connectivity index (χ4n) is 1.95. The zero-order valence-electron chi connectivity index (χ0n) is 10.7. The van der Waals surface area contributed by atoms with Gasteiger partial charge in [0.15, 0.2) is 0 Å². The molecule has 0 aliphatic rings. The molecule has 2 aromatic rings. The van der Waals surface area contributed by atoms with Crippen molar-refractivity contribution in [1.29, 1.82) is 0 Å². The number of aromatic hydroxyl groups is 1. The van der Waals surface area contributed by atoms with E-state index in [1.165, 1.54) is 18.2 Å². The molecular weight excluding hydrogens is 248 g/mol. The van der Waals surface area contributed by atoms with Crippen LogP contribution in [0.3, 0.4) is 0 Å². The summed E-state index contributed by atoms with van der Waals surface area (Å²) >= 11 is 0. The normalized spacial score (nSPS) is 12.2. The molecule has 1 unspecified atom stereocenters. The molecule has 0 aromatic heterocycles. The highest BCUT2D eigenvalue weighted by Gasteiger charge is 2.15. The summed E-state index contributed by atoms with van der Waals surface area (Å²) in [6, 6.07) is 8.47. The van der Waals surface area contributed by atoms with Crippen molar-refractivity contribution in [3.63, 3.8) is 0 Å². The molecule has 0 spiro atoms. The molecule has 0 radical (unpaired) electrons. The Morgan fingerprint density at radius 1 is 1.11 bits per heavy atom. The van der Waals surface area contributed by atoms with E-state index >= 15 is 0 Å². The number of hydrogen-bond donors (Lipinski definition) is 2. The number of aryl methyl sites for hydroxylation is 1. The fourth-order valence-corrected chi connectivity index (χ4v) is 1.95. The van der Waals surface area contributed by atoms with Crippen LogP contribution in [0.2, 0.25) is 0 Å². The Bertz CT molecular complexity index is 578. The predicted molar refractivity (Wildman–Crippen MR) is 71.2 cm³/mol. The summed E-state index contributed by atoms with van der Waals surface area (Å²) in [6.07, 6.45) is 0. The Balaban J connectivity index is 2.28. The van der Waals surface area contributed by atoms with Crippen LogP contribution in [0.4, 0.5) is 14.5 Å². The van der Waals surface area contributed by atoms with E-state index in [0.29, 0.717) is 5.56 Å². The molecule has 19 heavy (non-hydrogen) atoms. The van der Waals surface area contributed by atoms with Crippen LogP contribution in [0.15, 0.2) is 36.4 Å². The monoisotopic (exact) mass is 263 g/mol. The number of phenolic OH excluding ortho intramolecular Hbond substituents is 1. The van der Waals surface area contributed by atoms with Crippen LogP contribution in [-0.4, -0.2) is 5.11 Å². The number of para-hydroxylation sites is 1. The van der Waals surface area contributed by atoms with Gasteiger partial charge in [-0.25, -0.2) is 8.78 Å². The largest absolute Gasteiger partial charge is 0.508 e. The molecule has 0 aliphatic carbocycles. The van der Waals surface area contributed by atoms with Gasteiger partial charge in [-0.1, -0.05) is 18.2 Å². The van der Waals surface area contributed by atoms with Crippen LogP contribution in [-0.2, 0) is 0 Å². The number of halogens is 2. The van der Waals surface area contributed by atoms with Gasteiger partial charge in [0.1, 0.15) is 23.1 Å². The highest BCUT2D eigenvalue weighted by atomic mass is 19.1. The van der Waals surface area contributed by atoms with E-state index in [9.17, 15) is 13.9 Å². The lowest BCUT2D eigenvalue weighted by molar-refractivity contribution is 0.464. The van der Waals surface area contributed by atoms with Gasteiger partial charge in [-0.15, -0.1) is 0 Å². The lowest BCUT2D eigenvalue weighted by atomic mass is 10.0. The number of anilines is 1. The summed E-state index contributed by atoms with van der Waals surface area (Å²) in [6.45, 7) is 3.59. The average molecular weight is 263 g/mol. The molecule has 0 aliphatic heterocycles. The molecule has 2 N–H and O–H groups in total. The molecule has 2 aromatic carbocycles. The molecule has 0 bridgehead atoms. The maximum absolute atomic E-state index is 13.5. The molecule has 0 amide bonds. The molecule has 100 valence electrons. The minimum Gasteiger partial charge on any atom is -0.508 e. The van der Waals surface area contributed by atoms with E-state index in [-0.39, 0.29) is 11.4 Å². The Kier molecular flexibility index (Phi) is 3.69. The first kappa shape index (κ1) is 13.3. The van der Waals surface area contributed by atoms with E-state index in [2.05, 4.69) is 5.32 Å². The van der Waals surface area contributed by atoms with Gasteiger partial charge in [0.05, 0.1) is 6.04 Å². The third-order valence-corrected chi connectivity index (χ3v) is 2.98. The predicted octanol–water partition coefficient (Wildman–Crippen LogP) is 4.15. The number of benzene rings is 2. The van der Waals surface area contributed by atoms with Gasteiger partial charge >= 0.3 is 0 Å². The molecule has 0 saturated carbocycles. The van der Waals surface area contributed by atoms with Gasteiger partial charge in [0.25, 0.3) is 0 Å². The second kappa shape index (κ2) is 5.26. The summed E-state index contributed by atoms with van der Waals surface area (Å²) in [5, 5.41) is 12.6. The van der Waals surface area contributed by atoms with E-state index in [1.807, 2.05) is 13.0 Å². The molecule has 0 fully saturated rings. The van der Waals surface area contributed by atoms with E-state index in [4.69, 9.17) is 0 Å². The van der Waals surface area contributed by atoms with Gasteiger partial charge in [0.2, 0.25) is 0 Å². The van der Waals surface area contributed by atoms with Gasteiger partial charge in [0, 0.05) is 5.56 Å². The zero-order chi connectivity index (χ0) is 14.0. The standard InChI is InChI=1S/C15H15F2NO/c1-9-6-7-11(14(19)8-9)10(2)18-15-12(16)4-3-5-13(15)17/h3-8,10,18-19H,1-2H3. The fraction of sp³-hybridized carbons (Fsp3) is 0.200. The van der Waals surface area contributed by atoms with Crippen molar-refractivity contribution in [2.24, 2.45) is 0 Å². The highest BCUT2D eigenvalue weighted by Crippen LogP contribution is 2.29. The van der Waals surface area contributed by atoms with Gasteiger partial charge in [-0.05, 0) is 37.6 Å². The Morgan fingerprint density at radius 3 is 2.32 bits per heavy atom. The summed E-state index contributed by atoms with van der Waals surface area (Å²) in [4.78, 5) is 0. The van der Waals surface area contributed by atoms with Crippen molar-refractivity contribution in [3.05, 3.63) is 59.2 Å². The van der Waals surface area contributed by atoms with Crippen molar-refractivity contribution in [3.8, 4) is 5.75 Å². The van der Waals surface area contributed by atoms with E-state index in [0.717, 1.165) is 5.56 Å². The Morgan fingerprint density at radius 2 is 1.74 bits per heavy atom. The maximum Gasteiger partial charge on any atom is 0.149 e. The number of rotatable bonds is 3. The van der Waals surface area contributed by atoms with Crippen LogP contribution in [0.5, 0.6) is 5.75 Å². The number of phenols is 1. The lowest BCUT2D eigenvalue weighted by Gasteiger charge is -2.18. The summed E-state index contributed by atoms with van der Waals surface area (Å²) < 4.78 is 27.1. The second-order valence-electron chi connectivity index (χ2n) is 4.52. The summed E-state index contributed by atoms with van der Waals surface area (Å²) in [5.41, 5.74) is 1.33. The smallest absolute Gasteiger partial charge is 0.149 e. The van der Waals surface area contributed by atoms with Crippen LogP contribution in [0.1, 0.15) is 24.1 Å². The number of hydrogen-bond acceptors (Lipinski definition) is 2. The molecule has 2 rings (SSSR count). The van der Waals surface area contributed by atoms with Crippen molar-refractivity contribution < 1.29 is 13.9 Å². The first-order valence-electron chi connectivity index (χ1n) is 5.99. The van der Waals surface area contributed by atoms with Crippen molar-refractivity contribution in [1.82, 2.24) is 0 Å². The third kappa shape index (κ3) is 2.84. The molecular formula is C15H15F2NO. The van der Waals surface area contributed by atoms with Crippen molar-refractivity contribution in [2.45, 2.75) is 19.9 Å². The van der Waals surface area contributed by atoms with Gasteiger partial charge in [-0.3, -0.25) is 0 Å². The van der Waals surface area contributed by atoms with Gasteiger partial charge in [-0.2, -0.15) is 0 Å². The van der Waals surface area contributed by atoms with E-state index < -0.39 is 17.7 Å². The maximum atomic E-state index is 13.5. The Hall–Kier alpha value is -2.10. The Labute approximate surface area is 110 Å². The summed E-state index contributed by atoms with van der Waals surface area (Å²) in [7, 11) is 0. The topological polar surface area (TPSA) is 32.3 Å². The average Bonchev–Trinajstić information content (AvgIpc) is 2.33. The second-order valence-corrected chi connectivity index (χ2v) is 4.52.